The van der Waals surface area contributed by atoms with E-state index in [4.69, 9.17) is 15.2 Å². The Morgan fingerprint density at radius 1 is 1.27 bits per heavy atom. The van der Waals surface area contributed by atoms with Crippen molar-refractivity contribution in [3.63, 3.8) is 0 Å². The van der Waals surface area contributed by atoms with Crippen molar-refractivity contribution in [1.29, 1.82) is 0 Å². The summed E-state index contributed by atoms with van der Waals surface area (Å²) in [6, 6.07) is 8.16. The van der Waals surface area contributed by atoms with Crippen molar-refractivity contribution in [2.75, 3.05) is 26.3 Å². The summed E-state index contributed by atoms with van der Waals surface area (Å²) in [5, 5.41) is 3.12. The lowest BCUT2D eigenvalue weighted by atomic mass is 10.1. The second kappa shape index (κ2) is 10.9. The highest BCUT2D eigenvalue weighted by Crippen LogP contribution is 2.13. The second-order valence-electron chi connectivity index (χ2n) is 5.30. The molecule has 5 heteroatoms. The number of benzene rings is 1. The molecule has 1 aromatic rings. The Labute approximate surface area is 133 Å². The van der Waals surface area contributed by atoms with Crippen LogP contribution in [-0.2, 0) is 11.2 Å². The Hall–Kier alpha value is -1.75. The molecule has 22 heavy (non-hydrogen) atoms. The van der Waals surface area contributed by atoms with Crippen LogP contribution in [0.15, 0.2) is 29.3 Å². The number of rotatable bonds is 10. The van der Waals surface area contributed by atoms with Gasteiger partial charge in [-0.2, -0.15) is 0 Å². The molecule has 0 aliphatic heterocycles. The summed E-state index contributed by atoms with van der Waals surface area (Å²) in [7, 11) is 0. The van der Waals surface area contributed by atoms with Gasteiger partial charge >= 0.3 is 0 Å². The Bertz CT molecular complexity index is 430. The van der Waals surface area contributed by atoms with Gasteiger partial charge in [0.25, 0.3) is 0 Å². The van der Waals surface area contributed by atoms with E-state index >= 15 is 0 Å². The third kappa shape index (κ3) is 8.52. The van der Waals surface area contributed by atoms with Crippen LogP contribution in [-0.4, -0.2) is 38.4 Å². The molecule has 0 saturated heterocycles. The average molecular weight is 307 g/mol. The molecule has 124 valence electrons. The predicted molar refractivity (Wildman–Crippen MR) is 91.5 cm³/mol. The summed E-state index contributed by atoms with van der Waals surface area (Å²) in [4.78, 5) is 4.26. The molecule has 0 unspecified atom stereocenters. The van der Waals surface area contributed by atoms with Gasteiger partial charge in [0.2, 0.25) is 0 Å². The predicted octanol–water partition coefficient (Wildman–Crippen LogP) is 2.35. The number of nitrogens with two attached hydrogens (primary N) is 1. The van der Waals surface area contributed by atoms with E-state index in [0.717, 1.165) is 38.3 Å². The highest BCUT2D eigenvalue weighted by molar-refractivity contribution is 5.77. The maximum absolute atomic E-state index is 5.81. The molecule has 0 heterocycles. The van der Waals surface area contributed by atoms with Crippen LogP contribution in [0.1, 0.15) is 32.8 Å². The zero-order chi connectivity index (χ0) is 16.2. The maximum atomic E-state index is 5.81. The average Bonchev–Trinajstić information content (AvgIpc) is 2.48. The van der Waals surface area contributed by atoms with Gasteiger partial charge in [-0.05, 0) is 51.3 Å². The Kier molecular flexibility index (Phi) is 9.07. The number of nitrogens with zero attached hydrogens (tertiary/aromatic N) is 1. The van der Waals surface area contributed by atoms with Crippen LogP contribution in [0.3, 0.4) is 0 Å². The fraction of sp³-hybridized carbons (Fsp3) is 0.588. The van der Waals surface area contributed by atoms with Gasteiger partial charge in [0.1, 0.15) is 5.75 Å². The zero-order valence-electron chi connectivity index (χ0n) is 14.0. The van der Waals surface area contributed by atoms with E-state index in [9.17, 15) is 0 Å². The lowest BCUT2D eigenvalue weighted by Crippen LogP contribution is -2.33. The van der Waals surface area contributed by atoms with Crippen LogP contribution in [0, 0.1) is 0 Å². The molecule has 5 nitrogen and oxygen atoms in total. The van der Waals surface area contributed by atoms with E-state index in [1.54, 1.807) is 0 Å². The smallest absolute Gasteiger partial charge is 0.188 e. The number of hydrogen-bond donors (Lipinski definition) is 2. The zero-order valence-corrected chi connectivity index (χ0v) is 14.0. The standard InChI is InChI=1S/C17H29N3O2/c1-4-21-13-5-11-19-17(18)20-12-10-15-6-8-16(9-7-15)22-14(2)3/h6-9,14H,4-5,10-13H2,1-3H3,(H3,18,19,20). The normalized spacial score (nSPS) is 11.7. The van der Waals surface area contributed by atoms with Gasteiger partial charge < -0.3 is 20.5 Å². The molecule has 0 bridgehead atoms. The Morgan fingerprint density at radius 2 is 2.00 bits per heavy atom. The molecule has 0 atom stereocenters. The summed E-state index contributed by atoms with van der Waals surface area (Å²) in [5.74, 6) is 1.40. The third-order valence-corrected chi connectivity index (χ3v) is 2.95. The molecule has 0 amide bonds. The van der Waals surface area contributed by atoms with E-state index in [1.807, 2.05) is 32.9 Å². The van der Waals surface area contributed by atoms with Crippen molar-refractivity contribution in [3.8, 4) is 5.75 Å². The topological polar surface area (TPSA) is 68.9 Å². The largest absolute Gasteiger partial charge is 0.491 e. The van der Waals surface area contributed by atoms with Gasteiger partial charge in [-0.3, -0.25) is 4.99 Å². The first kappa shape index (κ1) is 18.3. The molecular weight excluding hydrogens is 278 g/mol. The first-order valence-corrected chi connectivity index (χ1v) is 7.99. The number of nitrogens with one attached hydrogen (secondary N) is 1. The van der Waals surface area contributed by atoms with Gasteiger partial charge in [0.05, 0.1) is 6.10 Å². The summed E-state index contributed by atoms with van der Waals surface area (Å²) in [6.07, 6.45) is 2.00. The fourth-order valence-electron chi connectivity index (χ4n) is 1.91. The summed E-state index contributed by atoms with van der Waals surface area (Å²) in [5.41, 5.74) is 7.05. The molecule has 0 radical (unpaired) electrons. The number of ether oxygens (including phenoxy) is 2. The SMILES string of the molecule is CCOCCCN=C(N)NCCc1ccc(OC(C)C)cc1. The van der Waals surface area contributed by atoms with Crippen LogP contribution in [0.5, 0.6) is 5.75 Å². The van der Waals surface area contributed by atoms with Crippen LogP contribution < -0.4 is 15.8 Å². The molecule has 0 saturated carbocycles. The number of guanidine groups is 1. The number of hydrogen-bond acceptors (Lipinski definition) is 3. The minimum atomic E-state index is 0.200. The van der Waals surface area contributed by atoms with Crippen molar-refractivity contribution < 1.29 is 9.47 Å². The molecular formula is C17H29N3O2. The van der Waals surface area contributed by atoms with Crippen LogP contribution in [0.4, 0.5) is 0 Å². The summed E-state index contributed by atoms with van der Waals surface area (Å²) < 4.78 is 10.9. The van der Waals surface area contributed by atoms with Crippen molar-refractivity contribution in [2.45, 2.75) is 39.7 Å². The van der Waals surface area contributed by atoms with E-state index in [2.05, 4.69) is 22.4 Å². The third-order valence-electron chi connectivity index (χ3n) is 2.95. The van der Waals surface area contributed by atoms with Crippen LogP contribution in [0.2, 0.25) is 0 Å². The van der Waals surface area contributed by atoms with Crippen LogP contribution >= 0.6 is 0 Å². The Balaban J connectivity index is 2.21. The highest BCUT2D eigenvalue weighted by atomic mass is 16.5. The molecule has 0 spiro atoms. The minimum absolute atomic E-state index is 0.200. The summed E-state index contributed by atoms with van der Waals surface area (Å²) in [6.45, 7) is 8.98. The molecule has 1 rings (SSSR count). The molecule has 1 aromatic carbocycles. The van der Waals surface area contributed by atoms with E-state index in [0.29, 0.717) is 12.5 Å². The maximum Gasteiger partial charge on any atom is 0.188 e. The van der Waals surface area contributed by atoms with E-state index in [1.165, 1.54) is 5.56 Å². The monoisotopic (exact) mass is 307 g/mol. The second-order valence-corrected chi connectivity index (χ2v) is 5.30. The molecule has 3 N–H and O–H groups in total. The molecule has 0 aromatic heterocycles. The Morgan fingerprint density at radius 3 is 2.64 bits per heavy atom. The molecule has 0 aliphatic rings. The minimum Gasteiger partial charge on any atom is -0.491 e. The molecule has 0 aliphatic carbocycles. The van der Waals surface area contributed by atoms with Gasteiger partial charge in [0, 0.05) is 26.3 Å². The van der Waals surface area contributed by atoms with Gasteiger partial charge in [-0.15, -0.1) is 0 Å². The molecule has 0 fully saturated rings. The van der Waals surface area contributed by atoms with Gasteiger partial charge in [-0.1, -0.05) is 12.1 Å². The quantitative estimate of drug-likeness (QED) is 0.395. The lowest BCUT2D eigenvalue weighted by molar-refractivity contribution is 0.146. The van der Waals surface area contributed by atoms with Crippen molar-refractivity contribution >= 4 is 5.96 Å². The summed E-state index contributed by atoms with van der Waals surface area (Å²) >= 11 is 0. The first-order chi connectivity index (χ1) is 10.6. The van der Waals surface area contributed by atoms with Crippen LogP contribution in [0.25, 0.3) is 0 Å². The lowest BCUT2D eigenvalue weighted by Gasteiger charge is -2.10. The highest BCUT2D eigenvalue weighted by Gasteiger charge is 1.99. The number of aliphatic imine (C=N–C) groups is 1. The van der Waals surface area contributed by atoms with E-state index in [-0.39, 0.29) is 6.10 Å². The van der Waals surface area contributed by atoms with Crippen molar-refractivity contribution in [1.82, 2.24) is 5.32 Å². The van der Waals surface area contributed by atoms with Gasteiger partial charge in [-0.25, -0.2) is 0 Å². The first-order valence-electron chi connectivity index (χ1n) is 7.99. The van der Waals surface area contributed by atoms with E-state index < -0.39 is 0 Å². The fourth-order valence-corrected chi connectivity index (χ4v) is 1.91. The van der Waals surface area contributed by atoms with Crippen molar-refractivity contribution in [2.24, 2.45) is 10.7 Å². The van der Waals surface area contributed by atoms with Crippen molar-refractivity contribution in [3.05, 3.63) is 29.8 Å². The van der Waals surface area contributed by atoms with Gasteiger partial charge in [0.15, 0.2) is 5.96 Å².